The number of ether oxygens (including phenoxy) is 1. The van der Waals surface area contributed by atoms with Crippen LogP contribution in [0.5, 0.6) is 0 Å². The number of thiazole rings is 1. The molecule has 6 rings (SSSR count). The van der Waals surface area contributed by atoms with E-state index in [1.807, 2.05) is 99.8 Å². The molecular formula is C34H30N4O4S2. The highest BCUT2D eigenvalue weighted by Gasteiger charge is 2.33. The van der Waals surface area contributed by atoms with Gasteiger partial charge in [-0.2, -0.15) is 0 Å². The molecule has 0 saturated carbocycles. The summed E-state index contributed by atoms with van der Waals surface area (Å²) in [5.41, 5.74) is 6.40. The fraction of sp³-hybridized carbons (Fsp3) is 0.176. The number of anilines is 1. The molecule has 5 aromatic rings. The van der Waals surface area contributed by atoms with Gasteiger partial charge in [0.2, 0.25) is 0 Å². The Morgan fingerprint density at radius 2 is 1.77 bits per heavy atom. The van der Waals surface area contributed by atoms with Crippen LogP contribution in [0.3, 0.4) is 0 Å². The van der Waals surface area contributed by atoms with Crippen molar-refractivity contribution in [2.45, 2.75) is 33.7 Å². The van der Waals surface area contributed by atoms with Crippen molar-refractivity contribution in [3.8, 4) is 5.69 Å². The number of fused-ring (bicyclic) bond motifs is 1. The molecule has 8 nitrogen and oxygen atoms in total. The highest BCUT2D eigenvalue weighted by Crippen LogP contribution is 2.33. The minimum Gasteiger partial charge on any atom is -0.465 e. The minimum absolute atomic E-state index is 0.210. The Kier molecular flexibility index (Phi) is 7.79. The monoisotopic (exact) mass is 622 g/mol. The van der Waals surface area contributed by atoms with E-state index >= 15 is 0 Å². The summed E-state index contributed by atoms with van der Waals surface area (Å²) in [5, 5.41) is 4.92. The Balaban J connectivity index is 1.46. The number of methoxy groups -OCH3 is 1. The van der Waals surface area contributed by atoms with Gasteiger partial charge in [0.15, 0.2) is 4.80 Å². The summed E-state index contributed by atoms with van der Waals surface area (Å²) in [4.78, 5) is 46.3. The first kappa shape index (κ1) is 29.3. The zero-order chi connectivity index (χ0) is 31.1. The molecule has 1 amide bonds. The fourth-order valence-electron chi connectivity index (χ4n) is 5.69. The molecular weight excluding hydrogens is 593 g/mol. The molecule has 4 heterocycles. The van der Waals surface area contributed by atoms with Crippen LogP contribution in [0.15, 0.2) is 93.2 Å². The molecule has 0 bridgehead atoms. The molecule has 10 heteroatoms. The lowest BCUT2D eigenvalue weighted by Gasteiger charge is -2.24. The third-order valence-electron chi connectivity index (χ3n) is 7.82. The van der Waals surface area contributed by atoms with Gasteiger partial charge in [0.05, 0.1) is 28.5 Å². The van der Waals surface area contributed by atoms with Crippen LogP contribution in [0.25, 0.3) is 11.8 Å². The molecule has 1 N–H and O–H groups in total. The summed E-state index contributed by atoms with van der Waals surface area (Å²) in [6.07, 6.45) is 1.89. The van der Waals surface area contributed by atoms with Crippen molar-refractivity contribution in [3.05, 3.63) is 136 Å². The van der Waals surface area contributed by atoms with Crippen LogP contribution in [0.4, 0.5) is 5.69 Å². The number of esters is 1. The third-order valence-corrected chi connectivity index (χ3v) is 9.73. The van der Waals surface area contributed by atoms with Gasteiger partial charge in [-0.15, -0.1) is 11.3 Å². The summed E-state index contributed by atoms with van der Waals surface area (Å²) in [7, 11) is 1.37. The first-order chi connectivity index (χ1) is 21.2. The Morgan fingerprint density at radius 3 is 2.48 bits per heavy atom. The van der Waals surface area contributed by atoms with E-state index in [1.54, 1.807) is 10.6 Å². The molecule has 0 saturated heterocycles. The van der Waals surface area contributed by atoms with Crippen molar-refractivity contribution >= 4 is 46.3 Å². The smallest absolute Gasteiger partial charge is 0.338 e. The van der Waals surface area contributed by atoms with E-state index in [0.29, 0.717) is 31.9 Å². The maximum absolute atomic E-state index is 14.1. The second-order valence-corrected chi connectivity index (χ2v) is 12.5. The fourth-order valence-corrected chi connectivity index (χ4v) is 7.55. The molecule has 0 fully saturated rings. The van der Waals surface area contributed by atoms with Crippen molar-refractivity contribution in [2.75, 3.05) is 12.4 Å². The summed E-state index contributed by atoms with van der Waals surface area (Å²) < 4.78 is 9.21. The number of carbonyl (C=O) groups excluding carboxylic acids is 2. The molecule has 44 heavy (non-hydrogen) atoms. The molecule has 0 unspecified atom stereocenters. The van der Waals surface area contributed by atoms with Crippen LogP contribution in [-0.4, -0.2) is 28.1 Å². The standard InChI is InChI=1S/C34H30N4O4S2/c1-19-17-23(22(4)37(19)26-14-9-13-25(20(26)2)33(41)42-5)18-28-32(40)38-30(27-15-10-16-43-27)29(21(3)35-34(38)44-28)31(39)36-24-11-7-6-8-12-24/h6-18,30H,1-5H3,(H,36,39)/b28-18+/t30-/m1/s1. The second-order valence-electron chi connectivity index (χ2n) is 10.5. The van der Waals surface area contributed by atoms with Crippen molar-refractivity contribution in [2.24, 2.45) is 4.99 Å². The number of amides is 1. The van der Waals surface area contributed by atoms with E-state index in [-0.39, 0.29) is 17.4 Å². The van der Waals surface area contributed by atoms with Gasteiger partial charge in [0.25, 0.3) is 11.5 Å². The average Bonchev–Trinajstić information content (AvgIpc) is 3.72. The Labute approximate surface area is 261 Å². The predicted octanol–water partition coefficient (Wildman–Crippen LogP) is 5.44. The number of nitrogens with zero attached hydrogens (tertiary/aromatic N) is 3. The summed E-state index contributed by atoms with van der Waals surface area (Å²) in [6.45, 7) is 7.70. The Hall–Kier alpha value is -4.80. The van der Waals surface area contributed by atoms with Gasteiger partial charge in [0.1, 0.15) is 6.04 Å². The van der Waals surface area contributed by atoms with Crippen LogP contribution >= 0.6 is 22.7 Å². The van der Waals surface area contributed by atoms with Gasteiger partial charge >= 0.3 is 5.97 Å². The summed E-state index contributed by atoms with van der Waals surface area (Å²) in [5.74, 6) is -0.682. The SMILES string of the molecule is COC(=O)c1cccc(-n2c(C)cc(/C=c3/sc4n(c3=O)[C@H](c3cccs3)C(C(=O)Nc3ccccc3)=C(C)N=4)c2C)c1C. The molecule has 3 aromatic heterocycles. The number of aryl methyl sites for hydroxylation is 1. The summed E-state index contributed by atoms with van der Waals surface area (Å²) >= 11 is 2.81. The molecule has 0 spiro atoms. The lowest BCUT2D eigenvalue weighted by molar-refractivity contribution is -0.113. The number of benzene rings is 2. The maximum atomic E-state index is 14.1. The highest BCUT2D eigenvalue weighted by molar-refractivity contribution is 7.10. The Morgan fingerprint density at radius 1 is 1.00 bits per heavy atom. The van der Waals surface area contributed by atoms with Crippen LogP contribution in [0, 0.1) is 20.8 Å². The molecule has 0 aliphatic carbocycles. The van der Waals surface area contributed by atoms with Crippen LogP contribution in [0.1, 0.15) is 50.7 Å². The third kappa shape index (κ3) is 5.06. The number of nitrogens with one attached hydrogen (secondary N) is 1. The topological polar surface area (TPSA) is 94.7 Å². The summed E-state index contributed by atoms with van der Waals surface area (Å²) in [6, 6.07) is 20.1. The van der Waals surface area contributed by atoms with E-state index < -0.39 is 6.04 Å². The number of carbonyl (C=O) groups is 2. The van der Waals surface area contributed by atoms with E-state index in [1.165, 1.54) is 29.8 Å². The number of hydrogen-bond donors (Lipinski definition) is 1. The molecule has 1 aliphatic heterocycles. The van der Waals surface area contributed by atoms with Crippen LogP contribution < -0.4 is 20.2 Å². The number of para-hydroxylation sites is 1. The number of hydrogen-bond acceptors (Lipinski definition) is 7. The number of aromatic nitrogens is 2. The highest BCUT2D eigenvalue weighted by atomic mass is 32.1. The van der Waals surface area contributed by atoms with Crippen molar-refractivity contribution in [1.82, 2.24) is 9.13 Å². The molecule has 1 aliphatic rings. The molecule has 1 atom stereocenters. The number of thiophene rings is 1. The normalized spacial score (nSPS) is 14.8. The first-order valence-electron chi connectivity index (χ1n) is 14.0. The average molecular weight is 623 g/mol. The van der Waals surface area contributed by atoms with Crippen LogP contribution in [0.2, 0.25) is 0 Å². The van der Waals surface area contributed by atoms with Crippen molar-refractivity contribution < 1.29 is 14.3 Å². The predicted molar refractivity (Wildman–Crippen MR) is 174 cm³/mol. The number of allylic oxidation sites excluding steroid dienone is 1. The van der Waals surface area contributed by atoms with Crippen LogP contribution in [-0.2, 0) is 9.53 Å². The lowest BCUT2D eigenvalue weighted by Crippen LogP contribution is -2.40. The van der Waals surface area contributed by atoms with E-state index in [9.17, 15) is 14.4 Å². The van der Waals surface area contributed by atoms with E-state index in [4.69, 9.17) is 9.73 Å². The van der Waals surface area contributed by atoms with E-state index in [0.717, 1.165) is 33.1 Å². The van der Waals surface area contributed by atoms with Crippen molar-refractivity contribution in [3.63, 3.8) is 0 Å². The quantitative estimate of drug-likeness (QED) is 0.255. The largest absolute Gasteiger partial charge is 0.465 e. The second kappa shape index (κ2) is 11.7. The zero-order valence-corrected chi connectivity index (χ0v) is 26.5. The van der Waals surface area contributed by atoms with Crippen molar-refractivity contribution in [1.29, 1.82) is 0 Å². The van der Waals surface area contributed by atoms with Gasteiger partial charge in [0, 0.05) is 27.6 Å². The molecule has 222 valence electrons. The Bertz CT molecular complexity index is 2130. The van der Waals surface area contributed by atoms with E-state index in [2.05, 4.69) is 9.88 Å². The lowest BCUT2D eigenvalue weighted by atomic mass is 10.0. The van der Waals surface area contributed by atoms with Gasteiger partial charge in [-0.25, -0.2) is 9.79 Å². The zero-order valence-electron chi connectivity index (χ0n) is 24.9. The first-order valence-corrected chi connectivity index (χ1v) is 15.7. The van der Waals surface area contributed by atoms with Gasteiger partial charge in [-0.3, -0.25) is 14.2 Å². The van der Waals surface area contributed by atoms with Gasteiger partial charge < -0.3 is 14.6 Å². The molecule has 0 radical (unpaired) electrons. The van der Waals surface area contributed by atoms with Gasteiger partial charge in [-0.05, 0) is 86.7 Å². The number of rotatable bonds is 6. The minimum atomic E-state index is -0.603. The maximum Gasteiger partial charge on any atom is 0.338 e. The van der Waals surface area contributed by atoms with Gasteiger partial charge in [-0.1, -0.05) is 41.7 Å². The molecule has 2 aromatic carbocycles.